The number of rotatable bonds is 7. The number of nitrogens with zero attached hydrogens (tertiary/aromatic N) is 2. The van der Waals surface area contributed by atoms with Gasteiger partial charge in [0.1, 0.15) is 0 Å². The van der Waals surface area contributed by atoms with Crippen LogP contribution in [0.1, 0.15) is 33.4 Å². The minimum Gasteiger partial charge on any atom is -0.310 e. The van der Waals surface area contributed by atoms with Gasteiger partial charge in [0.2, 0.25) is 0 Å². The lowest BCUT2D eigenvalue weighted by Crippen LogP contribution is -2.16. The van der Waals surface area contributed by atoms with E-state index in [1.807, 2.05) is 0 Å². The van der Waals surface area contributed by atoms with Crippen LogP contribution in [-0.4, -0.2) is 0 Å². The predicted molar refractivity (Wildman–Crippen MR) is 190 cm³/mol. The van der Waals surface area contributed by atoms with Gasteiger partial charge in [-0.15, -0.1) is 0 Å². The Morgan fingerprint density at radius 2 is 0.773 bits per heavy atom. The third kappa shape index (κ3) is 5.89. The van der Waals surface area contributed by atoms with Gasteiger partial charge in [0.25, 0.3) is 0 Å². The van der Waals surface area contributed by atoms with Gasteiger partial charge < -0.3 is 9.80 Å². The van der Waals surface area contributed by atoms with Crippen molar-refractivity contribution >= 4 is 34.1 Å². The zero-order valence-electron chi connectivity index (χ0n) is 26.6. The van der Waals surface area contributed by atoms with Crippen LogP contribution in [0.4, 0.5) is 34.1 Å². The number of hydrogen-bond acceptors (Lipinski definition) is 2. The van der Waals surface area contributed by atoms with Crippen LogP contribution in [0.25, 0.3) is 11.1 Å². The molecule has 0 amide bonds. The van der Waals surface area contributed by atoms with E-state index < -0.39 is 0 Å². The molecule has 218 valence electrons. The van der Waals surface area contributed by atoms with E-state index >= 15 is 0 Å². The molecule has 6 rings (SSSR count). The molecule has 0 aliphatic heterocycles. The molecule has 0 spiro atoms. The highest BCUT2D eigenvalue weighted by atomic mass is 15.2. The highest BCUT2D eigenvalue weighted by Crippen LogP contribution is 2.48. The third-order valence-corrected chi connectivity index (χ3v) is 8.36. The van der Waals surface area contributed by atoms with Gasteiger partial charge in [0, 0.05) is 28.3 Å². The first-order valence-electron chi connectivity index (χ1n) is 15.4. The van der Waals surface area contributed by atoms with E-state index in [9.17, 15) is 0 Å². The first kappa shape index (κ1) is 29.0. The van der Waals surface area contributed by atoms with E-state index in [0.29, 0.717) is 0 Å². The molecule has 0 aliphatic rings. The Hall–Kier alpha value is -5.08. The molecule has 0 N–H and O–H groups in total. The van der Waals surface area contributed by atoms with Crippen molar-refractivity contribution in [2.24, 2.45) is 0 Å². The Balaban J connectivity index is 1.67. The van der Waals surface area contributed by atoms with Crippen molar-refractivity contribution in [3.8, 4) is 11.1 Å². The summed E-state index contributed by atoms with van der Waals surface area (Å²) in [7, 11) is 0. The molecule has 0 radical (unpaired) electrons. The molecular weight excluding hydrogens is 532 g/mol. The average Bonchev–Trinajstić information content (AvgIpc) is 3.02. The third-order valence-electron chi connectivity index (χ3n) is 8.36. The highest BCUT2D eigenvalue weighted by Gasteiger charge is 2.24. The SMILES string of the molecule is Cc1ccc(N(c2ccc(C)cc2)c2ccc(-c3cccc(C)c3)c(N(c3ccc(C)cc3)c3ccc(C)cc3)c2C)cc1. The molecule has 2 nitrogen and oxygen atoms in total. The minimum absolute atomic E-state index is 1.13. The topological polar surface area (TPSA) is 6.48 Å². The zero-order valence-corrected chi connectivity index (χ0v) is 26.6. The Morgan fingerprint density at radius 1 is 0.364 bits per heavy atom. The lowest BCUT2D eigenvalue weighted by molar-refractivity contribution is 1.20. The van der Waals surface area contributed by atoms with Crippen molar-refractivity contribution in [3.05, 3.63) is 167 Å². The van der Waals surface area contributed by atoms with Crippen LogP contribution in [0.2, 0.25) is 0 Å². The fourth-order valence-electron chi connectivity index (χ4n) is 5.88. The predicted octanol–water partition coefficient (Wildman–Crippen LogP) is 12.1. The molecule has 0 heterocycles. The van der Waals surface area contributed by atoms with Crippen molar-refractivity contribution in [2.75, 3.05) is 9.80 Å². The van der Waals surface area contributed by atoms with Gasteiger partial charge in [-0.3, -0.25) is 0 Å². The molecule has 0 aliphatic carbocycles. The summed E-state index contributed by atoms with van der Waals surface area (Å²) in [5, 5.41) is 0. The lowest BCUT2D eigenvalue weighted by atomic mass is 9.95. The molecule has 0 saturated carbocycles. The Kier molecular flexibility index (Phi) is 8.09. The van der Waals surface area contributed by atoms with Crippen molar-refractivity contribution in [1.82, 2.24) is 0 Å². The van der Waals surface area contributed by atoms with Gasteiger partial charge in [-0.05, 0) is 107 Å². The molecule has 44 heavy (non-hydrogen) atoms. The molecule has 0 bridgehead atoms. The van der Waals surface area contributed by atoms with E-state index in [2.05, 4.69) is 185 Å². The molecule has 0 unspecified atom stereocenters. The summed E-state index contributed by atoms with van der Waals surface area (Å²) in [6, 6.07) is 48.8. The standard InChI is InChI=1S/C42H40N2/c1-29-10-18-36(19-11-29)43(37-20-12-30(2)13-21-37)41-27-26-40(35-9-7-8-33(5)28-35)42(34(41)6)44(38-22-14-31(3)15-23-38)39-24-16-32(4)17-25-39/h7-28H,1-6H3. The van der Waals surface area contributed by atoms with Crippen molar-refractivity contribution in [2.45, 2.75) is 41.5 Å². The summed E-state index contributed by atoms with van der Waals surface area (Å²) in [4.78, 5) is 4.82. The van der Waals surface area contributed by atoms with Crippen molar-refractivity contribution in [1.29, 1.82) is 0 Å². The van der Waals surface area contributed by atoms with Crippen LogP contribution in [0.15, 0.2) is 133 Å². The van der Waals surface area contributed by atoms with Crippen LogP contribution in [0.3, 0.4) is 0 Å². The fraction of sp³-hybridized carbons (Fsp3) is 0.143. The van der Waals surface area contributed by atoms with Gasteiger partial charge in [-0.1, -0.05) is 107 Å². The van der Waals surface area contributed by atoms with Gasteiger partial charge in [-0.2, -0.15) is 0 Å². The molecule has 0 aromatic heterocycles. The number of aryl methyl sites for hydroxylation is 5. The number of benzene rings is 6. The van der Waals surface area contributed by atoms with Crippen LogP contribution in [-0.2, 0) is 0 Å². The monoisotopic (exact) mass is 572 g/mol. The fourth-order valence-corrected chi connectivity index (χ4v) is 5.88. The second kappa shape index (κ2) is 12.3. The first-order valence-corrected chi connectivity index (χ1v) is 15.4. The Bertz CT molecular complexity index is 1790. The van der Waals surface area contributed by atoms with Gasteiger partial charge in [0.15, 0.2) is 0 Å². The Labute approximate surface area is 262 Å². The van der Waals surface area contributed by atoms with Crippen LogP contribution in [0.5, 0.6) is 0 Å². The number of anilines is 6. The maximum atomic E-state index is 2.43. The smallest absolute Gasteiger partial charge is 0.0590 e. The van der Waals surface area contributed by atoms with Crippen molar-refractivity contribution in [3.63, 3.8) is 0 Å². The molecule has 6 aromatic carbocycles. The van der Waals surface area contributed by atoms with Crippen LogP contribution in [0, 0.1) is 41.5 Å². The summed E-state index contributed by atoms with van der Waals surface area (Å²) in [5.41, 5.74) is 16.7. The van der Waals surface area contributed by atoms with Crippen molar-refractivity contribution < 1.29 is 0 Å². The first-order chi connectivity index (χ1) is 21.3. The minimum atomic E-state index is 1.13. The maximum absolute atomic E-state index is 2.43. The Morgan fingerprint density at radius 3 is 1.18 bits per heavy atom. The van der Waals surface area contributed by atoms with Crippen LogP contribution >= 0.6 is 0 Å². The van der Waals surface area contributed by atoms with E-state index in [4.69, 9.17) is 0 Å². The largest absolute Gasteiger partial charge is 0.310 e. The zero-order chi connectivity index (χ0) is 30.8. The van der Waals surface area contributed by atoms with E-state index in [1.165, 1.54) is 50.2 Å². The van der Waals surface area contributed by atoms with Gasteiger partial charge in [0.05, 0.1) is 11.4 Å². The molecule has 0 fully saturated rings. The highest BCUT2D eigenvalue weighted by molar-refractivity contribution is 5.95. The molecule has 6 aromatic rings. The number of hydrogen-bond donors (Lipinski definition) is 0. The van der Waals surface area contributed by atoms with Crippen LogP contribution < -0.4 is 9.80 Å². The van der Waals surface area contributed by atoms with E-state index in [-0.39, 0.29) is 0 Å². The average molecular weight is 573 g/mol. The summed E-state index contributed by atoms with van der Waals surface area (Å²) in [5.74, 6) is 0. The normalized spacial score (nSPS) is 11.0. The molecule has 0 saturated heterocycles. The molecular formula is C42H40N2. The molecule has 2 heteroatoms. The van der Waals surface area contributed by atoms with Gasteiger partial charge >= 0.3 is 0 Å². The van der Waals surface area contributed by atoms with Gasteiger partial charge in [-0.25, -0.2) is 0 Å². The second-order valence-electron chi connectivity index (χ2n) is 12.0. The summed E-state index contributed by atoms with van der Waals surface area (Å²) >= 11 is 0. The molecule has 0 atom stereocenters. The summed E-state index contributed by atoms with van der Waals surface area (Å²) in [6.07, 6.45) is 0. The lowest BCUT2D eigenvalue weighted by Gasteiger charge is -2.34. The maximum Gasteiger partial charge on any atom is 0.0590 e. The van der Waals surface area contributed by atoms with E-state index in [1.54, 1.807) is 0 Å². The quantitative estimate of drug-likeness (QED) is 0.188. The summed E-state index contributed by atoms with van der Waals surface area (Å²) < 4.78 is 0. The second-order valence-corrected chi connectivity index (χ2v) is 12.0. The van der Waals surface area contributed by atoms with E-state index in [0.717, 1.165) is 28.4 Å². The summed E-state index contributed by atoms with van der Waals surface area (Å²) in [6.45, 7) is 13.0.